The third kappa shape index (κ3) is 5.30. The molecule has 0 aliphatic carbocycles. The Labute approximate surface area is 198 Å². The molecule has 3 heterocycles. The fourth-order valence-electron chi connectivity index (χ4n) is 4.00. The van der Waals surface area contributed by atoms with E-state index in [1.54, 1.807) is 13.4 Å². The van der Waals surface area contributed by atoms with Crippen LogP contribution in [0, 0.1) is 0 Å². The fraction of sp³-hybridized carbons (Fsp3) is 0.333. The third-order valence-electron chi connectivity index (χ3n) is 5.72. The fourth-order valence-corrected chi connectivity index (χ4v) is 4.00. The van der Waals surface area contributed by atoms with Crippen LogP contribution in [0.15, 0.2) is 48.9 Å². The maximum Gasteiger partial charge on any atom is 0.163 e. The number of rotatable bonds is 8. The van der Waals surface area contributed by atoms with Crippen LogP contribution in [-0.2, 0) is 4.74 Å². The van der Waals surface area contributed by atoms with Gasteiger partial charge < -0.3 is 24.5 Å². The van der Waals surface area contributed by atoms with Gasteiger partial charge in [0.25, 0.3) is 0 Å². The smallest absolute Gasteiger partial charge is 0.163 e. The molecule has 174 valence electrons. The first-order valence-electron chi connectivity index (χ1n) is 10.9. The number of nitrogens with one attached hydrogen (secondary N) is 2. The standard InChI is InChI=1S/C24H27N5O3.ClH/c1-30-22-14-19-21(15-23(22)32-10-2-7-29-8-11-31-12-9-29)26-16-27-24(19)28-18-3-4-20-17(13-18)5-6-25-20;/h3-6,13-16,25H,2,7-12H2,1H3,(H,26,27,28);1H. The molecule has 0 spiro atoms. The number of aromatic amines is 1. The first-order valence-corrected chi connectivity index (χ1v) is 10.9. The van der Waals surface area contributed by atoms with Crippen molar-refractivity contribution in [1.29, 1.82) is 0 Å². The van der Waals surface area contributed by atoms with Gasteiger partial charge in [-0.1, -0.05) is 0 Å². The Balaban J connectivity index is 0.00000259. The van der Waals surface area contributed by atoms with Gasteiger partial charge in [-0.15, -0.1) is 12.4 Å². The summed E-state index contributed by atoms with van der Waals surface area (Å²) in [4.78, 5) is 14.5. The van der Waals surface area contributed by atoms with E-state index in [9.17, 15) is 0 Å². The molecule has 0 bridgehead atoms. The monoisotopic (exact) mass is 469 g/mol. The SMILES string of the molecule is COc1cc2c(Nc3ccc4[nH]ccc4c3)ncnc2cc1OCCCN1CCOCC1.Cl. The zero-order valence-electron chi connectivity index (χ0n) is 18.5. The molecule has 2 aromatic carbocycles. The predicted molar refractivity (Wildman–Crippen MR) is 132 cm³/mol. The lowest BCUT2D eigenvalue weighted by molar-refractivity contribution is 0.0357. The van der Waals surface area contributed by atoms with Crippen LogP contribution < -0.4 is 14.8 Å². The molecule has 0 atom stereocenters. The highest BCUT2D eigenvalue weighted by molar-refractivity contribution is 5.94. The van der Waals surface area contributed by atoms with Crippen molar-refractivity contribution in [2.24, 2.45) is 0 Å². The summed E-state index contributed by atoms with van der Waals surface area (Å²) >= 11 is 0. The van der Waals surface area contributed by atoms with E-state index >= 15 is 0 Å². The summed E-state index contributed by atoms with van der Waals surface area (Å²) in [6, 6.07) is 12.1. The number of nitrogens with zero attached hydrogens (tertiary/aromatic N) is 3. The minimum Gasteiger partial charge on any atom is -0.493 e. The number of halogens is 1. The summed E-state index contributed by atoms with van der Waals surface area (Å²) in [5.74, 6) is 2.09. The maximum atomic E-state index is 6.06. The number of hydrogen-bond acceptors (Lipinski definition) is 7. The van der Waals surface area contributed by atoms with Gasteiger partial charge in [-0.05, 0) is 36.8 Å². The average Bonchev–Trinajstić information content (AvgIpc) is 3.30. The number of ether oxygens (including phenoxy) is 3. The molecule has 0 unspecified atom stereocenters. The summed E-state index contributed by atoms with van der Waals surface area (Å²) in [5.41, 5.74) is 2.86. The summed E-state index contributed by atoms with van der Waals surface area (Å²) in [6.07, 6.45) is 4.44. The van der Waals surface area contributed by atoms with Crippen molar-refractivity contribution in [3.05, 3.63) is 48.9 Å². The summed E-state index contributed by atoms with van der Waals surface area (Å²) in [6.45, 7) is 5.22. The molecule has 1 aliphatic heterocycles. The second-order valence-electron chi connectivity index (χ2n) is 7.80. The largest absolute Gasteiger partial charge is 0.493 e. The van der Waals surface area contributed by atoms with E-state index in [1.807, 2.05) is 36.5 Å². The highest BCUT2D eigenvalue weighted by atomic mass is 35.5. The van der Waals surface area contributed by atoms with E-state index in [0.717, 1.165) is 72.6 Å². The van der Waals surface area contributed by atoms with Crippen LogP contribution in [0.2, 0.25) is 0 Å². The predicted octanol–water partition coefficient (Wildman–Crippen LogP) is 4.39. The molecular weight excluding hydrogens is 442 g/mol. The van der Waals surface area contributed by atoms with Crippen LogP contribution in [0.1, 0.15) is 6.42 Å². The Morgan fingerprint density at radius 2 is 1.97 bits per heavy atom. The van der Waals surface area contributed by atoms with Crippen molar-refractivity contribution in [3.8, 4) is 11.5 Å². The van der Waals surface area contributed by atoms with Crippen molar-refractivity contribution in [1.82, 2.24) is 19.9 Å². The molecule has 5 rings (SSSR count). The van der Waals surface area contributed by atoms with E-state index in [-0.39, 0.29) is 12.4 Å². The number of fused-ring (bicyclic) bond motifs is 2. The number of anilines is 2. The summed E-state index contributed by atoms with van der Waals surface area (Å²) in [5, 5.41) is 5.42. The molecule has 1 saturated heterocycles. The first-order chi connectivity index (χ1) is 15.8. The zero-order valence-corrected chi connectivity index (χ0v) is 19.4. The normalized spacial score (nSPS) is 14.2. The molecule has 0 amide bonds. The summed E-state index contributed by atoms with van der Waals surface area (Å²) in [7, 11) is 1.65. The second kappa shape index (κ2) is 10.7. The molecule has 33 heavy (non-hydrogen) atoms. The van der Waals surface area contributed by atoms with E-state index in [4.69, 9.17) is 14.2 Å². The number of H-pyrrole nitrogens is 1. The van der Waals surface area contributed by atoms with Crippen molar-refractivity contribution in [2.75, 3.05) is 51.9 Å². The molecule has 1 fully saturated rings. The number of morpholine rings is 1. The van der Waals surface area contributed by atoms with Crippen LogP contribution in [0.4, 0.5) is 11.5 Å². The molecule has 2 N–H and O–H groups in total. The Morgan fingerprint density at radius 1 is 1.09 bits per heavy atom. The highest BCUT2D eigenvalue weighted by Gasteiger charge is 2.13. The Hall–Kier alpha value is -3.07. The first kappa shape index (κ1) is 23.1. The van der Waals surface area contributed by atoms with Gasteiger partial charge in [0.1, 0.15) is 12.1 Å². The van der Waals surface area contributed by atoms with Gasteiger partial charge in [-0.2, -0.15) is 0 Å². The van der Waals surface area contributed by atoms with Gasteiger partial charge >= 0.3 is 0 Å². The van der Waals surface area contributed by atoms with Crippen LogP contribution >= 0.6 is 12.4 Å². The van der Waals surface area contributed by atoms with E-state index in [1.165, 1.54) is 0 Å². The average molecular weight is 470 g/mol. The number of methoxy groups -OCH3 is 1. The van der Waals surface area contributed by atoms with Gasteiger partial charge in [0, 0.05) is 53.9 Å². The Kier molecular flexibility index (Phi) is 7.49. The van der Waals surface area contributed by atoms with Gasteiger partial charge in [0.15, 0.2) is 11.5 Å². The lowest BCUT2D eigenvalue weighted by atomic mass is 10.2. The topological polar surface area (TPSA) is 84.5 Å². The van der Waals surface area contributed by atoms with Crippen LogP contribution in [0.5, 0.6) is 11.5 Å². The van der Waals surface area contributed by atoms with E-state index in [0.29, 0.717) is 18.1 Å². The molecule has 9 heteroatoms. The molecule has 2 aromatic heterocycles. The van der Waals surface area contributed by atoms with Crippen molar-refractivity contribution < 1.29 is 14.2 Å². The molecule has 0 radical (unpaired) electrons. The van der Waals surface area contributed by atoms with Crippen molar-refractivity contribution >= 4 is 45.7 Å². The quantitative estimate of drug-likeness (QED) is 0.370. The van der Waals surface area contributed by atoms with Gasteiger partial charge in [0.2, 0.25) is 0 Å². The van der Waals surface area contributed by atoms with Gasteiger partial charge in [-0.3, -0.25) is 4.90 Å². The lowest BCUT2D eigenvalue weighted by Gasteiger charge is -2.26. The maximum absolute atomic E-state index is 6.06. The van der Waals surface area contributed by atoms with Gasteiger partial charge in [-0.25, -0.2) is 9.97 Å². The number of aromatic nitrogens is 3. The number of hydrogen-bond donors (Lipinski definition) is 2. The van der Waals surface area contributed by atoms with Crippen molar-refractivity contribution in [3.63, 3.8) is 0 Å². The van der Waals surface area contributed by atoms with Crippen LogP contribution in [0.25, 0.3) is 21.8 Å². The second-order valence-corrected chi connectivity index (χ2v) is 7.80. The number of benzene rings is 2. The molecule has 8 nitrogen and oxygen atoms in total. The van der Waals surface area contributed by atoms with Crippen LogP contribution in [-0.4, -0.2) is 66.4 Å². The van der Waals surface area contributed by atoms with E-state index < -0.39 is 0 Å². The molecule has 0 saturated carbocycles. The van der Waals surface area contributed by atoms with Crippen molar-refractivity contribution in [2.45, 2.75) is 6.42 Å². The minimum absolute atomic E-state index is 0. The van der Waals surface area contributed by atoms with Gasteiger partial charge in [0.05, 0.1) is 32.4 Å². The Bertz CT molecular complexity index is 1210. The summed E-state index contributed by atoms with van der Waals surface area (Å²) < 4.78 is 17.1. The van der Waals surface area contributed by atoms with E-state index in [2.05, 4.69) is 31.2 Å². The Morgan fingerprint density at radius 3 is 2.82 bits per heavy atom. The molecular formula is C24H28ClN5O3. The minimum atomic E-state index is 0. The van der Waals surface area contributed by atoms with Crippen LogP contribution in [0.3, 0.4) is 0 Å². The molecule has 1 aliphatic rings. The highest BCUT2D eigenvalue weighted by Crippen LogP contribution is 2.35. The zero-order chi connectivity index (χ0) is 21.8. The third-order valence-corrected chi connectivity index (χ3v) is 5.72. The lowest BCUT2D eigenvalue weighted by Crippen LogP contribution is -2.37. The molecule has 4 aromatic rings.